The van der Waals surface area contributed by atoms with Gasteiger partial charge in [-0.2, -0.15) is 0 Å². The van der Waals surface area contributed by atoms with Gasteiger partial charge in [0.1, 0.15) is 12.1 Å². The fourth-order valence-corrected chi connectivity index (χ4v) is 5.14. The molecule has 3 N–H and O–H groups in total. The van der Waals surface area contributed by atoms with Gasteiger partial charge in [-0.25, -0.2) is 4.79 Å². The van der Waals surface area contributed by atoms with Crippen molar-refractivity contribution in [2.45, 2.75) is 51.6 Å². The quantitative estimate of drug-likeness (QED) is 0.608. The molecule has 2 heterocycles. The second-order valence-corrected chi connectivity index (χ2v) is 9.71. The van der Waals surface area contributed by atoms with E-state index >= 15 is 0 Å². The Morgan fingerprint density at radius 1 is 1.38 bits per heavy atom. The first-order chi connectivity index (χ1) is 13.5. The molecule has 2 fully saturated rings. The topological polar surface area (TPSA) is 96.1 Å². The number of hydrogen-bond donors (Lipinski definition) is 3. The highest BCUT2D eigenvalue weighted by Gasteiger charge is 2.56. The minimum Gasteiger partial charge on any atom is -0.463 e. The van der Waals surface area contributed by atoms with Crippen LogP contribution in [0.2, 0.25) is 0 Å². The highest BCUT2D eigenvalue weighted by atomic mass is 16.3. The molecule has 0 aromatic carbocycles. The molecule has 1 aliphatic carbocycles. The first-order valence-corrected chi connectivity index (χ1v) is 10.3. The number of rotatable bonds is 6. The Morgan fingerprint density at radius 3 is 2.69 bits per heavy atom. The number of hydrogen-bond acceptors (Lipinski definition) is 4. The minimum absolute atomic E-state index is 0.0381. The van der Waals surface area contributed by atoms with Gasteiger partial charge in [-0.15, -0.1) is 0 Å². The Kier molecular flexibility index (Phi) is 5.76. The molecule has 1 saturated heterocycles. The predicted molar refractivity (Wildman–Crippen MR) is 107 cm³/mol. The van der Waals surface area contributed by atoms with Crippen molar-refractivity contribution in [3.63, 3.8) is 0 Å². The Morgan fingerprint density at radius 2 is 2.10 bits per heavy atom. The summed E-state index contributed by atoms with van der Waals surface area (Å²) in [4.78, 5) is 40.4. The molecule has 1 aromatic rings. The first-order valence-electron chi connectivity index (χ1n) is 10.3. The lowest BCUT2D eigenvalue weighted by molar-refractivity contribution is -0.891. The number of likely N-dealkylation sites (N-methyl/N-ethyl adjacent to an activating group) is 1. The molecule has 0 bridgehead atoms. The zero-order valence-electron chi connectivity index (χ0n) is 18.0. The van der Waals surface area contributed by atoms with Crippen LogP contribution < -0.4 is 15.5 Å². The third-order valence-electron chi connectivity index (χ3n) is 6.01. The summed E-state index contributed by atoms with van der Waals surface area (Å²) in [5.41, 5.74) is -0.924. The third-order valence-corrected chi connectivity index (χ3v) is 6.01. The number of nitrogens with one attached hydrogen (secondary N) is 3. The monoisotopic (exact) mass is 405 g/mol. The molecule has 4 amide bonds. The molecule has 3 atom stereocenters. The van der Waals surface area contributed by atoms with Gasteiger partial charge in [0.25, 0.3) is 5.91 Å². The van der Waals surface area contributed by atoms with Crippen molar-refractivity contribution in [2.24, 2.45) is 11.3 Å². The molecule has 29 heavy (non-hydrogen) atoms. The average molecular weight is 406 g/mol. The SMILES string of the molecule is C[C@H]1CC(C)(C)C[C@@]2(C1)NC(=O)N(CC(=O)NC[C@@H](c1ccco1)[NH+](C)C)C2=O. The molecule has 160 valence electrons. The zero-order chi connectivity index (χ0) is 21.4. The van der Waals surface area contributed by atoms with Crippen LogP contribution in [0.3, 0.4) is 0 Å². The van der Waals surface area contributed by atoms with Crippen molar-refractivity contribution in [3.05, 3.63) is 24.2 Å². The van der Waals surface area contributed by atoms with Crippen LogP contribution in [0.1, 0.15) is 51.8 Å². The number of quaternary nitrogens is 1. The fourth-order valence-electron chi connectivity index (χ4n) is 5.14. The van der Waals surface area contributed by atoms with Crippen molar-refractivity contribution < 1.29 is 23.7 Å². The second kappa shape index (κ2) is 7.82. The van der Waals surface area contributed by atoms with Gasteiger partial charge >= 0.3 is 6.03 Å². The second-order valence-electron chi connectivity index (χ2n) is 9.71. The Labute approximate surface area is 172 Å². The van der Waals surface area contributed by atoms with Crippen LogP contribution >= 0.6 is 0 Å². The van der Waals surface area contributed by atoms with E-state index in [4.69, 9.17) is 4.42 Å². The Balaban J connectivity index is 1.63. The highest BCUT2D eigenvalue weighted by Crippen LogP contribution is 2.46. The van der Waals surface area contributed by atoms with Crippen LogP contribution in [0, 0.1) is 11.3 Å². The maximum atomic E-state index is 13.1. The van der Waals surface area contributed by atoms with Gasteiger partial charge in [-0.3, -0.25) is 14.5 Å². The molecular weight excluding hydrogens is 372 g/mol. The molecule has 1 aromatic heterocycles. The van der Waals surface area contributed by atoms with Gasteiger partial charge < -0.3 is 20.0 Å². The van der Waals surface area contributed by atoms with Gasteiger partial charge in [0.2, 0.25) is 5.91 Å². The molecule has 0 unspecified atom stereocenters. The first kappa shape index (κ1) is 21.4. The summed E-state index contributed by atoms with van der Waals surface area (Å²) in [6.07, 6.45) is 3.83. The lowest BCUT2D eigenvalue weighted by Gasteiger charge is -2.43. The standard InChI is InChI=1S/C21H32N4O4/c1-14-9-20(2,3)13-21(10-14)18(27)25(19(28)23-21)12-17(26)22-11-15(24(4)5)16-7-6-8-29-16/h6-8,14-15H,9-13H2,1-5H3,(H,22,26)(H,23,28)/p+1/t14-,15-,21+/m0/s1. The summed E-state index contributed by atoms with van der Waals surface area (Å²) in [5, 5.41) is 5.75. The predicted octanol–water partition coefficient (Wildman–Crippen LogP) is 0.718. The van der Waals surface area contributed by atoms with Crippen LogP contribution in [0.25, 0.3) is 0 Å². The van der Waals surface area contributed by atoms with Crippen LogP contribution in [0.15, 0.2) is 22.8 Å². The van der Waals surface area contributed by atoms with E-state index in [0.29, 0.717) is 25.3 Å². The molecular formula is C21H33N4O4+. The number of amides is 4. The summed E-state index contributed by atoms with van der Waals surface area (Å²) in [6.45, 7) is 6.44. The number of nitrogens with zero attached hydrogens (tertiary/aromatic N) is 1. The summed E-state index contributed by atoms with van der Waals surface area (Å²) in [6, 6.07) is 3.16. The highest BCUT2D eigenvalue weighted by molar-refractivity contribution is 6.09. The molecule has 1 saturated carbocycles. The van der Waals surface area contributed by atoms with Crippen molar-refractivity contribution >= 4 is 17.8 Å². The van der Waals surface area contributed by atoms with Gasteiger partial charge in [0.05, 0.1) is 26.9 Å². The normalized spacial score (nSPS) is 27.4. The van der Waals surface area contributed by atoms with Crippen LogP contribution in [0.5, 0.6) is 0 Å². The van der Waals surface area contributed by atoms with Crippen LogP contribution in [-0.4, -0.2) is 55.5 Å². The number of urea groups is 1. The van der Waals surface area contributed by atoms with Crippen molar-refractivity contribution in [3.8, 4) is 0 Å². The number of furan rings is 1. The van der Waals surface area contributed by atoms with Gasteiger partial charge in [0.15, 0.2) is 11.8 Å². The molecule has 2 aliphatic rings. The summed E-state index contributed by atoms with van der Waals surface area (Å²) in [7, 11) is 3.96. The molecule has 1 aliphatic heterocycles. The van der Waals surface area contributed by atoms with E-state index in [1.807, 2.05) is 26.2 Å². The van der Waals surface area contributed by atoms with Crippen molar-refractivity contribution in [1.82, 2.24) is 15.5 Å². The summed E-state index contributed by atoms with van der Waals surface area (Å²) in [5.74, 6) is 0.469. The number of imide groups is 1. The number of carbonyl (C=O) groups excluding carboxylic acids is 3. The lowest BCUT2D eigenvalue weighted by atomic mass is 9.64. The maximum absolute atomic E-state index is 13.1. The molecule has 0 radical (unpaired) electrons. The Bertz CT molecular complexity index is 774. The van der Waals surface area contributed by atoms with E-state index in [1.165, 1.54) is 0 Å². The molecule has 8 nitrogen and oxygen atoms in total. The van der Waals surface area contributed by atoms with Crippen LogP contribution in [-0.2, 0) is 9.59 Å². The maximum Gasteiger partial charge on any atom is 0.325 e. The summed E-state index contributed by atoms with van der Waals surface area (Å²) >= 11 is 0. The molecule has 1 spiro atoms. The van der Waals surface area contributed by atoms with E-state index in [1.54, 1.807) is 6.26 Å². The van der Waals surface area contributed by atoms with E-state index in [0.717, 1.165) is 22.0 Å². The van der Waals surface area contributed by atoms with E-state index in [9.17, 15) is 14.4 Å². The number of carbonyl (C=O) groups is 3. The molecule has 3 rings (SSSR count). The zero-order valence-corrected chi connectivity index (χ0v) is 18.0. The van der Waals surface area contributed by atoms with Crippen molar-refractivity contribution in [2.75, 3.05) is 27.2 Å². The van der Waals surface area contributed by atoms with Crippen LogP contribution in [0.4, 0.5) is 4.79 Å². The van der Waals surface area contributed by atoms with Crippen molar-refractivity contribution in [1.29, 1.82) is 0 Å². The fraction of sp³-hybridized carbons (Fsp3) is 0.667. The average Bonchev–Trinajstić information content (AvgIpc) is 3.17. The van der Waals surface area contributed by atoms with Gasteiger partial charge in [0, 0.05) is 0 Å². The summed E-state index contributed by atoms with van der Waals surface area (Å²) < 4.78 is 5.46. The third kappa shape index (κ3) is 4.47. The van der Waals surface area contributed by atoms with Gasteiger partial charge in [-0.1, -0.05) is 20.8 Å². The van der Waals surface area contributed by atoms with E-state index in [2.05, 4.69) is 31.4 Å². The molecule has 8 heteroatoms. The van der Waals surface area contributed by atoms with E-state index in [-0.39, 0.29) is 29.8 Å². The lowest BCUT2D eigenvalue weighted by Crippen LogP contribution is -3.07. The van der Waals surface area contributed by atoms with Gasteiger partial charge in [-0.05, 0) is 42.7 Å². The Hall–Kier alpha value is -2.35. The largest absolute Gasteiger partial charge is 0.463 e. The minimum atomic E-state index is -0.886. The smallest absolute Gasteiger partial charge is 0.325 e. The van der Waals surface area contributed by atoms with E-state index < -0.39 is 11.6 Å².